The molecule has 0 saturated carbocycles. The first-order chi connectivity index (χ1) is 13.5. The Morgan fingerprint density at radius 2 is 1.86 bits per heavy atom. The van der Waals surface area contributed by atoms with Gasteiger partial charge in [0.15, 0.2) is 0 Å². The third-order valence-corrected chi connectivity index (χ3v) is 4.11. The number of pyridine rings is 1. The highest BCUT2D eigenvalue weighted by atomic mass is 35.5. The van der Waals surface area contributed by atoms with E-state index in [0.717, 1.165) is 0 Å². The van der Waals surface area contributed by atoms with Gasteiger partial charge < -0.3 is 15.4 Å². The first kappa shape index (κ1) is 19.3. The lowest BCUT2D eigenvalue weighted by Gasteiger charge is -2.10. The lowest BCUT2D eigenvalue weighted by molar-refractivity contribution is 0.0600. The Bertz CT molecular complexity index is 1030. The second-order valence-corrected chi connectivity index (χ2v) is 6.08. The molecule has 0 atom stereocenters. The summed E-state index contributed by atoms with van der Waals surface area (Å²) in [6.07, 6.45) is 1.43. The number of amides is 1. The van der Waals surface area contributed by atoms with Crippen LogP contribution in [0.2, 0.25) is 5.02 Å². The quantitative estimate of drug-likeness (QED) is 0.610. The Labute approximate surface area is 165 Å². The molecule has 0 unspecified atom stereocenters. The van der Waals surface area contributed by atoms with E-state index in [0.29, 0.717) is 22.0 Å². The van der Waals surface area contributed by atoms with Gasteiger partial charge in [0, 0.05) is 0 Å². The smallest absolute Gasteiger partial charge is 0.337 e. The fourth-order valence-corrected chi connectivity index (χ4v) is 2.54. The average molecular weight is 400 g/mol. The van der Waals surface area contributed by atoms with Gasteiger partial charge in [-0.15, -0.1) is 0 Å². The van der Waals surface area contributed by atoms with Gasteiger partial charge in [0.1, 0.15) is 11.5 Å². The monoisotopic (exact) mass is 399 g/mol. The molecule has 0 aliphatic rings. The topological polar surface area (TPSA) is 80.3 Å². The molecule has 1 amide bonds. The van der Waals surface area contributed by atoms with Gasteiger partial charge in [0.2, 0.25) is 0 Å². The number of aromatic nitrogens is 1. The minimum Gasteiger partial charge on any atom is -0.465 e. The molecule has 8 heteroatoms. The Kier molecular flexibility index (Phi) is 5.86. The molecule has 0 bridgehead atoms. The Balaban J connectivity index is 1.74. The van der Waals surface area contributed by atoms with Crippen LogP contribution < -0.4 is 10.6 Å². The van der Waals surface area contributed by atoms with E-state index in [1.807, 2.05) is 0 Å². The molecular formula is C20H15ClFN3O3. The van der Waals surface area contributed by atoms with E-state index in [-0.39, 0.29) is 11.4 Å². The number of nitrogens with one attached hydrogen (secondary N) is 2. The normalized spacial score (nSPS) is 10.2. The average Bonchev–Trinajstić information content (AvgIpc) is 2.71. The Morgan fingerprint density at radius 1 is 1.07 bits per heavy atom. The maximum atomic E-state index is 13.6. The number of hydrogen-bond acceptors (Lipinski definition) is 5. The fraction of sp³-hybridized carbons (Fsp3) is 0.0500. The lowest BCUT2D eigenvalue weighted by atomic mass is 10.2. The summed E-state index contributed by atoms with van der Waals surface area (Å²) < 4.78 is 18.3. The number of para-hydroxylation sites is 1. The molecule has 0 spiro atoms. The number of methoxy groups -OCH3 is 1. The van der Waals surface area contributed by atoms with Crippen molar-refractivity contribution in [2.45, 2.75) is 0 Å². The van der Waals surface area contributed by atoms with Crippen molar-refractivity contribution in [3.8, 4) is 0 Å². The molecule has 0 aliphatic carbocycles. The molecule has 0 radical (unpaired) electrons. The van der Waals surface area contributed by atoms with Crippen molar-refractivity contribution in [3.05, 3.63) is 82.9 Å². The number of hydrogen-bond donors (Lipinski definition) is 2. The molecule has 2 aromatic carbocycles. The van der Waals surface area contributed by atoms with E-state index in [4.69, 9.17) is 11.6 Å². The zero-order valence-electron chi connectivity index (χ0n) is 14.7. The summed E-state index contributed by atoms with van der Waals surface area (Å²) in [5.41, 5.74) is 1.55. The van der Waals surface area contributed by atoms with Crippen LogP contribution in [0, 0.1) is 5.82 Å². The molecule has 28 heavy (non-hydrogen) atoms. The minimum absolute atomic E-state index is 0.0721. The third kappa shape index (κ3) is 4.44. The molecule has 1 heterocycles. The first-order valence-corrected chi connectivity index (χ1v) is 8.52. The van der Waals surface area contributed by atoms with E-state index in [2.05, 4.69) is 20.4 Å². The van der Waals surface area contributed by atoms with Crippen molar-refractivity contribution >= 4 is 40.5 Å². The van der Waals surface area contributed by atoms with E-state index in [1.165, 1.54) is 37.6 Å². The van der Waals surface area contributed by atoms with Gasteiger partial charge in [-0.2, -0.15) is 0 Å². The van der Waals surface area contributed by atoms with E-state index < -0.39 is 17.7 Å². The standard InChI is InChI=1S/C20H15ClFN3O3/c1-28-20(27)12-6-8-14(21)18(10-12)24-13-7-9-17(23-11-13)19(26)25-16-5-3-2-4-15(16)22/h2-11,24H,1H3,(H,25,26). The van der Waals surface area contributed by atoms with Gasteiger partial charge in [0.05, 0.1) is 41.0 Å². The molecule has 0 aliphatic heterocycles. The van der Waals surface area contributed by atoms with Crippen LogP contribution in [0.1, 0.15) is 20.8 Å². The van der Waals surface area contributed by atoms with Gasteiger partial charge in [-0.1, -0.05) is 23.7 Å². The number of carbonyl (C=O) groups is 2. The lowest BCUT2D eigenvalue weighted by Crippen LogP contribution is -2.14. The number of rotatable bonds is 5. The van der Waals surface area contributed by atoms with E-state index in [9.17, 15) is 14.0 Å². The Hall–Kier alpha value is -3.45. The van der Waals surface area contributed by atoms with Crippen molar-refractivity contribution < 1.29 is 18.7 Å². The number of ether oxygens (including phenoxy) is 1. The summed E-state index contributed by atoms with van der Waals surface area (Å²) in [4.78, 5) is 27.9. The zero-order valence-corrected chi connectivity index (χ0v) is 15.5. The molecule has 2 N–H and O–H groups in total. The second-order valence-electron chi connectivity index (χ2n) is 5.68. The molecule has 3 rings (SSSR count). The van der Waals surface area contributed by atoms with Crippen molar-refractivity contribution in [2.75, 3.05) is 17.7 Å². The number of nitrogens with zero attached hydrogens (tertiary/aromatic N) is 1. The highest BCUT2D eigenvalue weighted by molar-refractivity contribution is 6.33. The summed E-state index contributed by atoms with van der Waals surface area (Å²) >= 11 is 6.15. The van der Waals surface area contributed by atoms with Gasteiger partial charge in [0.25, 0.3) is 5.91 Å². The number of esters is 1. The molecule has 0 fully saturated rings. The van der Waals surface area contributed by atoms with Crippen molar-refractivity contribution in [1.29, 1.82) is 0 Å². The van der Waals surface area contributed by atoms with Gasteiger partial charge in [-0.3, -0.25) is 4.79 Å². The maximum Gasteiger partial charge on any atom is 0.337 e. The van der Waals surface area contributed by atoms with Crippen molar-refractivity contribution in [3.63, 3.8) is 0 Å². The SMILES string of the molecule is COC(=O)c1ccc(Cl)c(Nc2ccc(C(=O)Nc3ccccc3F)nc2)c1. The summed E-state index contributed by atoms with van der Waals surface area (Å²) in [6, 6.07) is 13.6. The van der Waals surface area contributed by atoms with Gasteiger partial charge >= 0.3 is 5.97 Å². The number of benzene rings is 2. The predicted molar refractivity (Wildman–Crippen MR) is 105 cm³/mol. The van der Waals surface area contributed by atoms with Crippen LogP contribution in [0.5, 0.6) is 0 Å². The van der Waals surface area contributed by atoms with Crippen LogP contribution in [0.4, 0.5) is 21.5 Å². The number of halogens is 2. The van der Waals surface area contributed by atoms with Crippen molar-refractivity contribution in [2.24, 2.45) is 0 Å². The fourth-order valence-electron chi connectivity index (χ4n) is 2.37. The van der Waals surface area contributed by atoms with Crippen LogP contribution in [-0.2, 0) is 4.74 Å². The molecule has 3 aromatic rings. The second kappa shape index (κ2) is 8.49. The number of anilines is 3. The Morgan fingerprint density at radius 3 is 2.54 bits per heavy atom. The molecule has 142 valence electrons. The summed E-state index contributed by atoms with van der Waals surface area (Å²) in [5, 5.41) is 5.88. The maximum absolute atomic E-state index is 13.6. The van der Waals surface area contributed by atoms with Crippen LogP contribution in [0.15, 0.2) is 60.8 Å². The molecule has 6 nitrogen and oxygen atoms in total. The van der Waals surface area contributed by atoms with E-state index in [1.54, 1.807) is 30.3 Å². The predicted octanol–water partition coefficient (Wildman–Crippen LogP) is 4.66. The molecule has 0 saturated heterocycles. The molecular weight excluding hydrogens is 385 g/mol. The number of carbonyl (C=O) groups excluding carboxylic acids is 2. The summed E-state index contributed by atoms with van der Waals surface area (Å²) in [6.45, 7) is 0. The van der Waals surface area contributed by atoms with Crippen LogP contribution >= 0.6 is 11.6 Å². The third-order valence-electron chi connectivity index (χ3n) is 3.78. The zero-order chi connectivity index (χ0) is 20.1. The van der Waals surface area contributed by atoms with Crippen LogP contribution in [0.25, 0.3) is 0 Å². The highest BCUT2D eigenvalue weighted by Gasteiger charge is 2.12. The van der Waals surface area contributed by atoms with Crippen molar-refractivity contribution in [1.82, 2.24) is 4.98 Å². The minimum atomic E-state index is -0.539. The largest absolute Gasteiger partial charge is 0.465 e. The van der Waals surface area contributed by atoms with Crippen LogP contribution in [-0.4, -0.2) is 24.0 Å². The summed E-state index contributed by atoms with van der Waals surface area (Å²) in [5.74, 6) is -1.56. The first-order valence-electron chi connectivity index (χ1n) is 8.15. The summed E-state index contributed by atoms with van der Waals surface area (Å²) in [7, 11) is 1.29. The van der Waals surface area contributed by atoms with E-state index >= 15 is 0 Å². The van der Waals surface area contributed by atoms with Crippen LogP contribution in [0.3, 0.4) is 0 Å². The highest BCUT2D eigenvalue weighted by Crippen LogP contribution is 2.27. The van der Waals surface area contributed by atoms with Gasteiger partial charge in [-0.25, -0.2) is 14.2 Å². The molecule has 1 aromatic heterocycles. The van der Waals surface area contributed by atoms with Gasteiger partial charge in [-0.05, 0) is 42.5 Å².